The van der Waals surface area contributed by atoms with Gasteiger partial charge in [0, 0.05) is 19.2 Å². The Kier molecular flexibility index (Phi) is 5.02. The van der Waals surface area contributed by atoms with Gasteiger partial charge in [-0.15, -0.1) is 0 Å². The molecule has 1 heterocycles. The number of fused-ring (bicyclic) bond motifs is 1. The van der Waals surface area contributed by atoms with E-state index in [4.69, 9.17) is 9.47 Å². The molecule has 134 valence electrons. The van der Waals surface area contributed by atoms with Gasteiger partial charge in [-0.1, -0.05) is 12.1 Å². The topological polar surface area (TPSA) is 55.8 Å². The van der Waals surface area contributed by atoms with Gasteiger partial charge < -0.3 is 14.4 Å². The molecule has 0 fully saturated rings. The van der Waals surface area contributed by atoms with Gasteiger partial charge in [-0.3, -0.25) is 4.79 Å². The highest BCUT2D eigenvalue weighted by atomic mass is 19.1. The van der Waals surface area contributed by atoms with Gasteiger partial charge in [-0.05, 0) is 49.8 Å². The van der Waals surface area contributed by atoms with Gasteiger partial charge >= 0.3 is 6.09 Å². The molecule has 1 aliphatic heterocycles. The average molecular weight is 355 g/mol. The molecular weight excluding hydrogens is 337 g/mol. The van der Waals surface area contributed by atoms with Crippen LogP contribution in [0.1, 0.15) is 29.8 Å². The summed E-state index contributed by atoms with van der Waals surface area (Å²) in [5, 5.41) is 0. The molecule has 0 spiro atoms. The molecule has 26 heavy (non-hydrogen) atoms. The highest BCUT2D eigenvalue weighted by Crippen LogP contribution is 2.35. The van der Waals surface area contributed by atoms with Gasteiger partial charge in [0.1, 0.15) is 17.3 Å². The van der Waals surface area contributed by atoms with Crippen molar-refractivity contribution in [3.63, 3.8) is 0 Å². The maximum atomic E-state index is 13.3. The van der Waals surface area contributed by atoms with Crippen molar-refractivity contribution in [2.24, 2.45) is 0 Å². The number of hydrogen-bond acceptors (Lipinski definition) is 4. The van der Waals surface area contributed by atoms with Gasteiger partial charge in [-0.2, -0.15) is 0 Å². The van der Waals surface area contributed by atoms with Gasteiger partial charge in [0.15, 0.2) is 5.76 Å². The van der Waals surface area contributed by atoms with Crippen LogP contribution in [0.15, 0.2) is 48.2 Å². The van der Waals surface area contributed by atoms with Crippen molar-refractivity contribution in [2.45, 2.75) is 13.8 Å². The van der Waals surface area contributed by atoms with E-state index in [1.54, 1.807) is 24.3 Å². The fourth-order valence-corrected chi connectivity index (χ4v) is 2.63. The first-order valence-corrected chi connectivity index (χ1v) is 8.32. The van der Waals surface area contributed by atoms with E-state index >= 15 is 0 Å². The fourth-order valence-electron chi connectivity index (χ4n) is 2.63. The summed E-state index contributed by atoms with van der Waals surface area (Å²) in [4.78, 5) is 26.0. The Hall–Kier alpha value is -3.15. The summed E-state index contributed by atoms with van der Waals surface area (Å²) in [5.41, 5.74) is 0.893. The highest BCUT2D eigenvalue weighted by Gasteiger charge is 2.28. The smallest absolute Gasteiger partial charge is 0.415 e. The molecule has 2 aromatic carbocycles. The number of hydrogen-bond donors (Lipinski definition) is 0. The zero-order valence-electron chi connectivity index (χ0n) is 14.5. The number of halogens is 1. The van der Waals surface area contributed by atoms with E-state index in [-0.39, 0.29) is 11.5 Å². The molecule has 0 N–H and O–H groups in total. The number of allylic oxidation sites excluding steroid dienone is 1. The first kappa shape index (κ1) is 17.7. The average Bonchev–Trinajstić information content (AvgIpc) is 2.91. The Bertz CT molecular complexity index is 887. The zero-order chi connectivity index (χ0) is 18.7. The van der Waals surface area contributed by atoms with Crippen molar-refractivity contribution < 1.29 is 23.5 Å². The second-order valence-electron chi connectivity index (χ2n) is 5.69. The summed E-state index contributed by atoms with van der Waals surface area (Å²) < 4.78 is 24.2. The number of carbonyl (C=O) groups is 2. The number of benzene rings is 2. The van der Waals surface area contributed by atoms with Crippen LogP contribution in [-0.4, -0.2) is 29.9 Å². The van der Waals surface area contributed by atoms with Crippen LogP contribution in [0.3, 0.4) is 0 Å². The third-order valence-corrected chi connectivity index (χ3v) is 4.01. The Morgan fingerprint density at radius 1 is 1.19 bits per heavy atom. The molecule has 1 amide bonds. The molecule has 6 heteroatoms. The molecule has 1 aliphatic rings. The fraction of sp³-hybridized carbons (Fsp3) is 0.200. The third kappa shape index (κ3) is 3.59. The maximum absolute atomic E-state index is 13.3. The van der Waals surface area contributed by atoms with Crippen LogP contribution in [0.4, 0.5) is 9.18 Å². The van der Waals surface area contributed by atoms with E-state index in [1.165, 1.54) is 29.2 Å². The second-order valence-corrected chi connectivity index (χ2v) is 5.69. The van der Waals surface area contributed by atoms with Crippen LogP contribution in [0.25, 0.3) is 6.08 Å². The number of Topliss-reactive ketones (excluding diaryl/α,β-unsaturated/α-hetero) is 1. The van der Waals surface area contributed by atoms with Gasteiger partial charge in [-0.25, -0.2) is 9.18 Å². The van der Waals surface area contributed by atoms with Gasteiger partial charge in [0.2, 0.25) is 5.78 Å². The Labute approximate surface area is 150 Å². The normalized spacial score (nSPS) is 14.1. The second kappa shape index (κ2) is 7.39. The van der Waals surface area contributed by atoms with E-state index in [2.05, 4.69) is 0 Å². The predicted octanol–water partition coefficient (Wildman–Crippen LogP) is 4.28. The number of carbonyl (C=O) groups excluding carboxylic acids is 2. The zero-order valence-corrected chi connectivity index (χ0v) is 14.5. The number of amides is 1. The lowest BCUT2D eigenvalue weighted by molar-refractivity contribution is 0.101. The molecule has 2 aromatic rings. The van der Waals surface area contributed by atoms with Crippen molar-refractivity contribution in [3.05, 3.63) is 65.2 Å². The number of ketones is 1. The SMILES string of the molecule is CCN(CC)C(=O)Oc1ccc2c(c1)OC(=Cc1cccc(F)c1)C2=O. The molecule has 0 aliphatic carbocycles. The van der Waals surface area contributed by atoms with Crippen molar-refractivity contribution in [1.29, 1.82) is 0 Å². The quantitative estimate of drug-likeness (QED) is 0.768. The van der Waals surface area contributed by atoms with Crippen LogP contribution in [-0.2, 0) is 0 Å². The van der Waals surface area contributed by atoms with E-state index in [0.29, 0.717) is 35.7 Å². The first-order valence-electron chi connectivity index (χ1n) is 8.32. The van der Waals surface area contributed by atoms with E-state index in [1.807, 2.05) is 13.8 Å². The van der Waals surface area contributed by atoms with Crippen LogP contribution in [0.5, 0.6) is 11.5 Å². The number of nitrogens with zero attached hydrogens (tertiary/aromatic N) is 1. The lowest BCUT2D eigenvalue weighted by atomic mass is 10.1. The van der Waals surface area contributed by atoms with E-state index in [9.17, 15) is 14.0 Å². The predicted molar refractivity (Wildman–Crippen MR) is 94.7 cm³/mol. The molecule has 5 nitrogen and oxygen atoms in total. The maximum Gasteiger partial charge on any atom is 0.415 e. The minimum atomic E-state index is -0.463. The molecular formula is C20H18FNO4. The summed E-state index contributed by atoms with van der Waals surface area (Å²) in [6, 6.07) is 10.5. The van der Waals surface area contributed by atoms with Crippen LogP contribution < -0.4 is 9.47 Å². The van der Waals surface area contributed by atoms with Crippen LogP contribution in [0.2, 0.25) is 0 Å². The molecule has 0 aromatic heterocycles. The number of rotatable bonds is 4. The molecule has 0 saturated heterocycles. The largest absolute Gasteiger partial charge is 0.452 e. The lowest BCUT2D eigenvalue weighted by Crippen LogP contribution is -2.33. The van der Waals surface area contributed by atoms with Gasteiger partial charge in [0.05, 0.1) is 5.56 Å². The molecule has 0 unspecified atom stereocenters. The molecule has 0 atom stereocenters. The minimum Gasteiger partial charge on any atom is -0.452 e. The van der Waals surface area contributed by atoms with Crippen molar-refractivity contribution >= 4 is 18.0 Å². The van der Waals surface area contributed by atoms with Crippen LogP contribution in [0, 0.1) is 5.82 Å². The Morgan fingerprint density at radius 3 is 2.65 bits per heavy atom. The summed E-state index contributed by atoms with van der Waals surface area (Å²) in [6.45, 7) is 4.79. The molecule has 0 bridgehead atoms. The minimum absolute atomic E-state index is 0.0952. The van der Waals surface area contributed by atoms with E-state index < -0.39 is 11.9 Å². The van der Waals surface area contributed by atoms with Gasteiger partial charge in [0.25, 0.3) is 0 Å². The molecule has 3 rings (SSSR count). The molecule has 0 saturated carbocycles. The summed E-state index contributed by atoms with van der Waals surface area (Å²) >= 11 is 0. The van der Waals surface area contributed by atoms with Crippen molar-refractivity contribution in [1.82, 2.24) is 4.90 Å². The summed E-state index contributed by atoms with van der Waals surface area (Å²) in [6.07, 6.45) is 1.02. The van der Waals surface area contributed by atoms with Crippen molar-refractivity contribution in [2.75, 3.05) is 13.1 Å². The first-order chi connectivity index (χ1) is 12.5. The Balaban J connectivity index is 1.81. The standard InChI is InChI=1S/C20H18FNO4/c1-3-22(4-2)20(24)25-15-8-9-16-17(12-15)26-18(19(16)23)11-13-6-5-7-14(21)10-13/h5-12H,3-4H2,1-2H3. The van der Waals surface area contributed by atoms with Crippen LogP contribution >= 0.6 is 0 Å². The lowest BCUT2D eigenvalue weighted by Gasteiger charge is -2.17. The summed E-state index contributed by atoms with van der Waals surface area (Å²) in [5.74, 6) is -0.000401. The highest BCUT2D eigenvalue weighted by molar-refractivity contribution is 6.14. The van der Waals surface area contributed by atoms with Crippen molar-refractivity contribution in [3.8, 4) is 11.5 Å². The van der Waals surface area contributed by atoms with E-state index in [0.717, 1.165) is 0 Å². The molecule has 0 radical (unpaired) electrons. The monoisotopic (exact) mass is 355 g/mol. The summed E-state index contributed by atoms with van der Waals surface area (Å²) in [7, 11) is 0. The third-order valence-electron chi connectivity index (χ3n) is 4.01. The Morgan fingerprint density at radius 2 is 1.96 bits per heavy atom. The number of ether oxygens (including phenoxy) is 2.